The van der Waals surface area contributed by atoms with Crippen LogP contribution in [-0.4, -0.2) is 18.9 Å². The molecule has 80 valence electrons. The molecule has 0 unspecified atom stereocenters. The van der Waals surface area contributed by atoms with Crippen LogP contribution >= 0.6 is 0 Å². The van der Waals surface area contributed by atoms with E-state index in [1.165, 1.54) is 0 Å². The minimum absolute atomic E-state index is 0.00380. The fourth-order valence-electron chi connectivity index (χ4n) is 1.97. The third-order valence-corrected chi connectivity index (χ3v) is 2.84. The van der Waals surface area contributed by atoms with Crippen molar-refractivity contribution in [2.75, 3.05) is 7.11 Å². The zero-order valence-corrected chi connectivity index (χ0v) is 8.82. The number of ketones is 1. The highest BCUT2D eigenvalue weighted by Gasteiger charge is 2.20. The van der Waals surface area contributed by atoms with Gasteiger partial charge in [-0.3, -0.25) is 4.79 Å². The molecule has 0 radical (unpaired) electrons. The van der Waals surface area contributed by atoms with Crippen LogP contribution in [0.1, 0.15) is 28.8 Å². The standard InChI is InChI=1S/C12H15NO2/c1-15-10-4-5-11-8(6-10)2-3-9(13)7-12(11)14/h4-6,9H,2-3,7,13H2,1H3/t9-/m0/s1. The van der Waals surface area contributed by atoms with Crippen LogP contribution in [0.15, 0.2) is 18.2 Å². The first kappa shape index (κ1) is 10.2. The number of hydrogen-bond donors (Lipinski definition) is 1. The quantitative estimate of drug-likeness (QED) is 0.707. The first-order valence-electron chi connectivity index (χ1n) is 5.16. The van der Waals surface area contributed by atoms with Crippen LogP contribution in [0.4, 0.5) is 0 Å². The van der Waals surface area contributed by atoms with Gasteiger partial charge in [0.15, 0.2) is 5.78 Å². The number of carbonyl (C=O) groups is 1. The highest BCUT2D eigenvalue weighted by atomic mass is 16.5. The van der Waals surface area contributed by atoms with Gasteiger partial charge in [0.05, 0.1) is 7.11 Å². The van der Waals surface area contributed by atoms with Crippen molar-refractivity contribution in [3.63, 3.8) is 0 Å². The number of nitrogens with two attached hydrogens (primary N) is 1. The number of carbonyl (C=O) groups excluding carboxylic acids is 1. The first-order valence-corrected chi connectivity index (χ1v) is 5.16. The summed E-state index contributed by atoms with van der Waals surface area (Å²) in [7, 11) is 1.63. The zero-order chi connectivity index (χ0) is 10.8. The van der Waals surface area contributed by atoms with Crippen molar-refractivity contribution in [3.8, 4) is 5.75 Å². The van der Waals surface area contributed by atoms with Gasteiger partial charge in [0.1, 0.15) is 5.75 Å². The lowest BCUT2D eigenvalue weighted by Gasteiger charge is -2.06. The van der Waals surface area contributed by atoms with Gasteiger partial charge >= 0.3 is 0 Å². The predicted molar refractivity (Wildman–Crippen MR) is 58.2 cm³/mol. The Hall–Kier alpha value is -1.35. The molecule has 1 aliphatic rings. The Morgan fingerprint density at radius 3 is 3.00 bits per heavy atom. The summed E-state index contributed by atoms with van der Waals surface area (Å²) < 4.78 is 5.14. The van der Waals surface area contributed by atoms with E-state index < -0.39 is 0 Å². The number of methoxy groups -OCH3 is 1. The third kappa shape index (κ3) is 2.02. The van der Waals surface area contributed by atoms with Crippen molar-refractivity contribution in [2.45, 2.75) is 25.3 Å². The van der Waals surface area contributed by atoms with Crippen LogP contribution in [-0.2, 0) is 6.42 Å². The van der Waals surface area contributed by atoms with E-state index in [1.807, 2.05) is 18.2 Å². The summed E-state index contributed by atoms with van der Waals surface area (Å²) in [6.45, 7) is 0. The minimum Gasteiger partial charge on any atom is -0.497 e. The molecule has 0 aliphatic heterocycles. The molecule has 1 aromatic carbocycles. The van der Waals surface area contributed by atoms with Crippen LogP contribution < -0.4 is 10.5 Å². The topological polar surface area (TPSA) is 52.3 Å². The number of ether oxygens (including phenoxy) is 1. The van der Waals surface area contributed by atoms with E-state index in [4.69, 9.17) is 10.5 Å². The summed E-state index contributed by atoms with van der Waals surface area (Å²) in [6.07, 6.45) is 2.19. The fraction of sp³-hybridized carbons (Fsp3) is 0.417. The Morgan fingerprint density at radius 2 is 2.27 bits per heavy atom. The van der Waals surface area contributed by atoms with Crippen molar-refractivity contribution >= 4 is 5.78 Å². The van der Waals surface area contributed by atoms with E-state index >= 15 is 0 Å². The van der Waals surface area contributed by atoms with Gasteiger partial charge in [-0.25, -0.2) is 0 Å². The summed E-state index contributed by atoms with van der Waals surface area (Å²) in [4.78, 5) is 11.8. The molecular formula is C12H15NO2. The van der Waals surface area contributed by atoms with Crippen LogP contribution in [0, 0.1) is 0 Å². The van der Waals surface area contributed by atoms with Crippen molar-refractivity contribution in [1.82, 2.24) is 0 Å². The van der Waals surface area contributed by atoms with Crippen molar-refractivity contribution in [1.29, 1.82) is 0 Å². The summed E-state index contributed by atoms with van der Waals surface area (Å²) in [5, 5.41) is 0. The Balaban J connectivity index is 2.39. The van der Waals surface area contributed by atoms with E-state index in [1.54, 1.807) is 7.11 Å². The molecule has 0 heterocycles. The number of fused-ring (bicyclic) bond motifs is 1. The third-order valence-electron chi connectivity index (χ3n) is 2.84. The first-order chi connectivity index (χ1) is 7.20. The highest BCUT2D eigenvalue weighted by Crippen LogP contribution is 2.24. The lowest BCUT2D eigenvalue weighted by molar-refractivity contribution is 0.0976. The van der Waals surface area contributed by atoms with Crippen LogP contribution in [0.3, 0.4) is 0 Å². The van der Waals surface area contributed by atoms with Gasteiger partial charge in [-0.2, -0.15) is 0 Å². The van der Waals surface area contributed by atoms with Crippen molar-refractivity contribution < 1.29 is 9.53 Å². The minimum atomic E-state index is -0.00380. The van der Waals surface area contributed by atoms with Gasteiger partial charge in [0.2, 0.25) is 0 Å². The molecule has 0 aromatic heterocycles. The normalized spacial score (nSPS) is 20.7. The predicted octanol–water partition coefficient (Wildman–Crippen LogP) is 1.54. The maximum absolute atomic E-state index is 11.8. The molecular weight excluding hydrogens is 190 g/mol. The molecule has 0 saturated carbocycles. The van der Waals surface area contributed by atoms with E-state index in [-0.39, 0.29) is 11.8 Å². The van der Waals surface area contributed by atoms with Gasteiger partial charge in [0, 0.05) is 18.0 Å². The molecule has 3 nitrogen and oxygen atoms in total. The number of aryl methyl sites for hydroxylation is 1. The summed E-state index contributed by atoms with van der Waals surface area (Å²) in [5.41, 5.74) is 7.69. The molecule has 2 N–H and O–H groups in total. The smallest absolute Gasteiger partial charge is 0.164 e. The lowest BCUT2D eigenvalue weighted by atomic mass is 10.0. The second kappa shape index (κ2) is 4.03. The van der Waals surface area contributed by atoms with Gasteiger partial charge in [-0.05, 0) is 36.6 Å². The van der Waals surface area contributed by atoms with Gasteiger partial charge in [-0.1, -0.05) is 0 Å². The number of rotatable bonds is 1. The molecule has 3 heteroatoms. The summed E-state index contributed by atoms with van der Waals surface area (Å²) in [5.74, 6) is 0.953. The maximum Gasteiger partial charge on any atom is 0.164 e. The Kier molecular flexibility index (Phi) is 2.73. The monoisotopic (exact) mass is 205 g/mol. The molecule has 15 heavy (non-hydrogen) atoms. The Labute approximate surface area is 89.2 Å². The number of benzene rings is 1. The Morgan fingerprint density at radius 1 is 1.47 bits per heavy atom. The van der Waals surface area contributed by atoms with E-state index in [9.17, 15) is 4.79 Å². The van der Waals surface area contributed by atoms with Gasteiger partial charge < -0.3 is 10.5 Å². The zero-order valence-electron chi connectivity index (χ0n) is 8.82. The maximum atomic E-state index is 11.8. The largest absolute Gasteiger partial charge is 0.497 e. The van der Waals surface area contributed by atoms with Crippen LogP contribution in [0.2, 0.25) is 0 Å². The molecule has 0 amide bonds. The molecule has 0 spiro atoms. The van der Waals surface area contributed by atoms with Crippen molar-refractivity contribution in [3.05, 3.63) is 29.3 Å². The van der Waals surface area contributed by atoms with E-state index in [0.717, 1.165) is 29.7 Å². The molecule has 1 aromatic rings. The molecule has 1 aliphatic carbocycles. The fourth-order valence-corrected chi connectivity index (χ4v) is 1.97. The SMILES string of the molecule is COc1ccc2c(c1)CC[C@H](N)CC2=O. The molecule has 2 rings (SSSR count). The average Bonchev–Trinajstić information content (AvgIpc) is 2.38. The van der Waals surface area contributed by atoms with Gasteiger partial charge in [0.25, 0.3) is 0 Å². The average molecular weight is 205 g/mol. The summed E-state index contributed by atoms with van der Waals surface area (Å²) >= 11 is 0. The van der Waals surface area contributed by atoms with E-state index in [2.05, 4.69) is 0 Å². The van der Waals surface area contributed by atoms with Gasteiger partial charge in [-0.15, -0.1) is 0 Å². The number of hydrogen-bond acceptors (Lipinski definition) is 3. The van der Waals surface area contributed by atoms with Crippen LogP contribution in [0.5, 0.6) is 5.75 Å². The van der Waals surface area contributed by atoms with Crippen LogP contribution in [0.25, 0.3) is 0 Å². The second-order valence-electron chi connectivity index (χ2n) is 3.95. The molecule has 0 saturated heterocycles. The molecule has 0 fully saturated rings. The lowest BCUT2D eigenvalue weighted by Crippen LogP contribution is -2.21. The Bertz CT molecular complexity index is 387. The molecule has 1 atom stereocenters. The highest BCUT2D eigenvalue weighted by molar-refractivity contribution is 5.98. The number of Topliss-reactive ketones (excluding diaryl/α,β-unsaturated/α-hetero) is 1. The summed E-state index contributed by atoms with van der Waals surface area (Å²) in [6, 6.07) is 5.60. The van der Waals surface area contributed by atoms with Crippen molar-refractivity contribution in [2.24, 2.45) is 5.73 Å². The van der Waals surface area contributed by atoms with E-state index in [0.29, 0.717) is 6.42 Å². The molecule has 0 bridgehead atoms. The second-order valence-corrected chi connectivity index (χ2v) is 3.95.